The SMILES string of the molecule is Nc1ccnc2c1ccn2[C@@H]1O[C@@H]2COP(=O)(S)O[C@@H]3[C@H](O)[C@@H](COP(=O)(S)O[C@H]2[C@H]1O)O[C@H]3n1cnc2c(N)ncnc21. The molecule has 3 aliphatic rings. The number of nitrogen functional groups attached to an aromatic ring is 2. The molecule has 10 atom stereocenters. The molecule has 2 unspecified atom stereocenters. The Morgan fingerprint density at radius 1 is 0.841 bits per heavy atom. The molecule has 0 spiro atoms. The molecule has 18 nitrogen and oxygen atoms in total. The van der Waals surface area contributed by atoms with Crippen LogP contribution < -0.4 is 11.5 Å². The molecule has 4 aromatic rings. The fraction of sp³-hybridized carbons (Fsp3) is 0.455. The van der Waals surface area contributed by atoms with Crippen molar-refractivity contribution in [3.05, 3.63) is 37.2 Å². The maximum atomic E-state index is 13.5. The minimum Gasteiger partial charge on any atom is -0.398 e. The molecule has 2 bridgehead atoms. The van der Waals surface area contributed by atoms with Crippen LogP contribution in [0.3, 0.4) is 0 Å². The van der Waals surface area contributed by atoms with Crippen molar-refractivity contribution >= 4 is 71.8 Å². The number of aromatic nitrogens is 6. The Balaban J connectivity index is 1.20. The summed E-state index contributed by atoms with van der Waals surface area (Å²) in [5.74, 6) is 0.0990. The first-order chi connectivity index (χ1) is 20.9. The van der Waals surface area contributed by atoms with Gasteiger partial charge in [0, 0.05) is 23.5 Å². The van der Waals surface area contributed by atoms with Crippen LogP contribution in [0.4, 0.5) is 11.5 Å². The Bertz CT molecular complexity index is 1830. The highest BCUT2D eigenvalue weighted by molar-refractivity contribution is 8.44. The molecule has 7 heterocycles. The predicted molar refractivity (Wildman–Crippen MR) is 159 cm³/mol. The third kappa shape index (κ3) is 5.32. The van der Waals surface area contributed by atoms with E-state index in [2.05, 4.69) is 44.4 Å². The third-order valence-corrected chi connectivity index (χ3v) is 10.7. The van der Waals surface area contributed by atoms with E-state index in [0.29, 0.717) is 16.7 Å². The number of imidazole rings is 1. The number of aliphatic hydroxyl groups excluding tert-OH is 2. The van der Waals surface area contributed by atoms with Crippen molar-refractivity contribution in [2.75, 3.05) is 24.7 Å². The summed E-state index contributed by atoms with van der Waals surface area (Å²) in [5.41, 5.74) is 13.3. The van der Waals surface area contributed by atoms with Gasteiger partial charge in [-0.3, -0.25) is 22.7 Å². The summed E-state index contributed by atoms with van der Waals surface area (Å²) in [5, 5.41) is 23.0. The van der Waals surface area contributed by atoms with Crippen LogP contribution in [0.2, 0.25) is 0 Å². The summed E-state index contributed by atoms with van der Waals surface area (Å²) in [4.78, 5) is 16.6. The number of rotatable bonds is 2. The lowest BCUT2D eigenvalue weighted by molar-refractivity contribution is -0.0574. The topological polar surface area (TPSA) is 243 Å². The van der Waals surface area contributed by atoms with Crippen molar-refractivity contribution in [1.82, 2.24) is 29.1 Å². The first-order valence-electron chi connectivity index (χ1n) is 13.0. The van der Waals surface area contributed by atoms with E-state index in [4.69, 9.17) is 39.0 Å². The molecule has 7 rings (SSSR count). The van der Waals surface area contributed by atoms with E-state index in [9.17, 15) is 19.3 Å². The molecule has 0 aliphatic carbocycles. The van der Waals surface area contributed by atoms with Crippen LogP contribution in [0.15, 0.2) is 37.2 Å². The second kappa shape index (κ2) is 11.2. The smallest absolute Gasteiger partial charge is 0.386 e. The standard InChI is InChI=1S/C22H26N8O10P2S2/c23-10-1-3-25-19-9(10)2-4-29(19)21-15(32)16-12(38-21)6-36-42(34,44)40-17-14(31)11(5-35-41(33,43)39-16)37-22(17)30-8-28-13-18(24)26-7-27-20(13)30/h1-4,7-8,11-12,14-17,21-22,31-32H,5-6H2,(H2,23,25)(H,33,43)(H,34,44)(H2,24,26,27)/t11-,12-,14-,15-,16-,17-,21-,22-,41?,42?/m1/s1. The maximum absolute atomic E-state index is 13.5. The normalized spacial score (nSPS) is 38.3. The maximum Gasteiger partial charge on any atom is 0.386 e. The highest BCUT2D eigenvalue weighted by atomic mass is 32.7. The van der Waals surface area contributed by atoms with Gasteiger partial charge in [0.05, 0.1) is 19.5 Å². The number of nitrogens with zero attached hydrogens (tertiary/aromatic N) is 6. The van der Waals surface area contributed by atoms with E-state index in [1.807, 2.05) is 0 Å². The van der Waals surface area contributed by atoms with Gasteiger partial charge in [0.2, 0.25) is 0 Å². The van der Waals surface area contributed by atoms with Gasteiger partial charge in [-0.1, -0.05) is 24.5 Å². The van der Waals surface area contributed by atoms with Crippen LogP contribution in [0.25, 0.3) is 22.2 Å². The van der Waals surface area contributed by atoms with Gasteiger partial charge in [-0.2, -0.15) is 0 Å². The molecule has 44 heavy (non-hydrogen) atoms. The number of aliphatic hydroxyl groups is 2. The molecule has 3 aliphatic heterocycles. The van der Waals surface area contributed by atoms with Crippen molar-refractivity contribution < 1.29 is 46.9 Å². The van der Waals surface area contributed by atoms with Crippen LogP contribution in [0.1, 0.15) is 12.5 Å². The minimum atomic E-state index is -4.29. The molecule has 22 heteroatoms. The van der Waals surface area contributed by atoms with Gasteiger partial charge < -0.3 is 35.7 Å². The monoisotopic (exact) mass is 688 g/mol. The van der Waals surface area contributed by atoms with Crippen LogP contribution in [0, 0.1) is 0 Å². The molecular formula is C22H26N8O10P2S2. The van der Waals surface area contributed by atoms with E-state index in [-0.39, 0.29) is 17.0 Å². The third-order valence-electron chi connectivity index (χ3n) is 7.52. The minimum absolute atomic E-state index is 0.0990. The van der Waals surface area contributed by atoms with Gasteiger partial charge in [0.1, 0.15) is 54.1 Å². The lowest BCUT2D eigenvalue weighted by atomic mass is 10.1. The van der Waals surface area contributed by atoms with E-state index < -0.39 is 75.9 Å². The molecule has 3 fully saturated rings. The quantitative estimate of drug-likeness (QED) is 0.129. The van der Waals surface area contributed by atoms with Crippen LogP contribution in [-0.2, 0) is 36.7 Å². The Hall–Kier alpha value is -2.32. The van der Waals surface area contributed by atoms with Crippen LogP contribution in [-0.4, -0.2) is 89.1 Å². The van der Waals surface area contributed by atoms with E-state index in [1.54, 1.807) is 18.3 Å². The molecule has 3 saturated heterocycles. The number of thiol groups is 2. The summed E-state index contributed by atoms with van der Waals surface area (Å²) < 4.78 is 64.4. The Morgan fingerprint density at radius 2 is 1.55 bits per heavy atom. The lowest BCUT2D eigenvalue weighted by Crippen LogP contribution is -2.35. The first-order valence-corrected chi connectivity index (χ1v) is 18.4. The zero-order valence-corrected chi connectivity index (χ0v) is 25.9. The molecular weight excluding hydrogens is 662 g/mol. The highest BCUT2D eigenvalue weighted by Gasteiger charge is 2.53. The van der Waals surface area contributed by atoms with Gasteiger partial charge in [-0.05, 0) is 12.1 Å². The zero-order valence-electron chi connectivity index (χ0n) is 22.3. The van der Waals surface area contributed by atoms with Gasteiger partial charge in [0.25, 0.3) is 0 Å². The molecule has 236 valence electrons. The molecule has 4 aromatic heterocycles. The Labute approximate surface area is 258 Å². The van der Waals surface area contributed by atoms with Crippen molar-refractivity contribution in [2.45, 2.75) is 49.1 Å². The fourth-order valence-electron chi connectivity index (χ4n) is 5.45. The number of fused-ring (bicyclic) bond motifs is 5. The second-order valence-electron chi connectivity index (χ2n) is 10.2. The van der Waals surface area contributed by atoms with Crippen molar-refractivity contribution in [1.29, 1.82) is 0 Å². The molecule has 0 aromatic carbocycles. The largest absolute Gasteiger partial charge is 0.398 e. The van der Waals surface area contributed by atoms with Crippen molar-refractivity contribution in [2.24, 2.45) is 0 Å². The first kappa shape index (κ1) is 30.3. The number of ether oxygens (including phenoxy) is 2. The van der Waals surface area contributed by atoms with E-state index in [0.717, 1.165) is 0 Å². The van der Waals surface area contributed by atoms with E-state index >= 15 is 0 Å². The number of anilines is 2. The molecule has 6 N–H and O–H groups in total. The molecule has 0 radical (unpaired) electrons. The van der Waals surface area contributed by atoms with Gasteiger partial charge in [-0.25, -0.2) is 29.1 Å². The molecule has 0 amide bonds. The summed E-state index contributed by atoms with van der Waals surface area (Å²) in [6.45, 7) is -9.58. The van der Waals surface area contributed by atoms with Gasteiger partial charge >= 0.3 is 13.6 Å². The van der Waals surface area contributed by atoms with E-state index in [1.165, 1.54) is 28.0 Å². The van der Waals surface area contributed by atoms with Crippen molar-refractivity contribution in [3.8, 4) is 0 Å². The number of pyridine rings is 1. The summed E-state index contributed by atoms with van der Waals surface area (Å²) in [6.07, 6.45) is -4.69. The average Bonchev–Trinajstić information content (AvgIpc) is 3.73. The number of nitrogens with two attached hydrogens (primary N) is 2. The lowest BCUT2D eigenvalue weighted by Gasteiger charge is -2.26. The van der Waals surface area contributed by atoms with Crippen LogP contribution >= 0.6 is 38.1 Å². The van der Waals surface area contributed by atoms with Gasteiger partial charge in [0.15, 0.2) is 23.9 Å². The van der Waals surface area contributed by atoms with Crippen LogP contribution in [0.5, 0.6) is 0 Å². The number of hydrogen-bond donors (Lipinski definition) is 6. The predicted octanol–water partition coefficient (Wildman–Crippen LogP) is 1.45. The second-order valence-corrected chi connectivity index (χ2v) is 16.0. The fourth-order valence-corrected chi connectivity index (χ4v) is 8.40. The van der Waals surface area contributed by atoms with Crippen molar-refractivity contribution in [3.63, 3.8) is 0 Å². The summed E-state index contributed by atoms with van der Waals surface area (Å²) in [6, 6.07) is 3.32. The zero-order chi connectivity index (χ0) is 31.0. The van der Waals surface area contributed by atoms with Gasteiger partial charge in [-0.15, -0.1) is 0 Å². The highest BCUT2D eigenvalue weighted by Crippen LogP contribution is 2.60. The number of hydrogen-bond acceptors (Lipinski definition) is 16. The molecule has 0 saturated carbocycles. The Morgan fingerprint density at radius 3 is 2.32 bits per heavy atom. The summed E-state index contributed by atoms with van der Waals surface area (Å²) >= 11 is 8.21. The summed E-state index contributed by atoms with van der Waals surface area (Å²) in [7, 11) is 0. The Kier molecular flexibility index (Phi) is 7.71. The average molecular weight is 689 g/mol.